The van der Waals surface area contributed by atoms with Gasteiger partial charge >= 0.3 is 6.09 Å². The number of amides is 1. The van der Waals surface area contributed by atoms with Crippen molar-refractivity contribution in [3.05, 3.63) is 0 Å². The number of ether oxygens (including phenoxy) is 1. The Hall–Kier alpha value is -1.50. The number of Topliss-reactive ketones (excluding diaryl/α,β-unsaturated/α-hetero) is 1. The molecule has 0 N–H and O–H groups in total. The molecule has 0 spiro atoms. The summed E-state index contributed by atoms with van der Waals surface area (Å²) in [4.78, 5) is 24.9. The summed E-state index contributed by atoms with van der Waals surface area (Å²) in [5, 5.41) is 0. The minimum Gasteiger partial charge on any atom is -0.444 e. The Balaban J connectivity index is 2.86. The minimum atomic E-state index is -0.583. The molecule has 2 atom stereocenters. The lowest BCUT2D eigenvalue weighted by Crippen LogP contribution is -2.46. The molecule has 1 rings (SSSR count). The van der Waals surface area contributed by atoms with E-state index in [0.717, 1.165) is 0 Å². The molecule has 94 valence electrons. The van der Waals surface area contributed by atoms with Crippen LogP contribution in [0.25, 0.3) is 0 Å². The van der Waals surface area contributed by atoms with E-state index in [-0.39, 0.29) is 11.8 Å². The van der Waals surface area contributed by atoms with Crippen molar-refractivity contribution < 1.29 is 14.3 Å². The zero-order valence-electron chi connectivity index (χ0n) is 10.8. The van der Waals surface area contributed by atoms with Crippen molar-refractivity contribution in [2.45, 2.75) is 58.2 Å². The lowest BCUT2D eigenvalue weighted by molar-refractivity contribution is -0.121. The number of hydrogen-bond donors (Lipinski definition) is 0. The summed E-state index contributed by atoms with van der Waals surface area (Å²) in [6.45, 7) is 6.83. The average molecular weight is 237 g/mol. The van der Waals surface area contributed by atoms with E-state index in [1.165, 1.54) is 11.8 Å². The maximum atomic E-state index is 12.0. The van der Waals surface area contributed by atoms with Gasteiger partial charge in [-0.05, 0) is 40.5 Å². The van der Waals surface area contributed by atoms with Crippen LogP contribution < -0.4 is 0 Å². The number of hydrogen-bond acceptors (Lipinski definition) is 3. The van der Waals surface area contributed by atoms with Gasteiger partial charge in [0.2, 0.25) is 0 Å². The highest BCUT2D eigenvalue weighted by Crippen LogP contribution is 2.26. The molecule has 1 aliphatic heterocycles. The number of ketones is 1. The van der Waals surface area contributed by atoms with Crippen LogP contribution in [0.2, 0.25) is 0 Å². The Bertz CT molecular complexity index is 362. The summed E-state index contributed by atoms with van der Waals surface area (Å²) in [5.74, 6) is 2.49. The normalized spacial score (nSPS) is 24.3. The molecule has 4 heteroatoms. The molecular formula is C13H19NO3. The molecule has 0 aromatic carbocycles. The largest absolute Gasteiger partial charge is 0.444 e. The van der Waals surface area contributed by atoms with Crippen LogP contribution in [0.15, 0.2) is 0 Å². The van der Waals surface area contributed by atoms with Crippen LogP contribution in [0.4, 0.5) is 4.79 Å². The number of carbonyl (C=O) groups excluding carboxylic acids is 2. The predicted molar refractivity (Wildman–Crippen MR) is 64.4 cm³/mol. The van der Waals surface area contributed by atoms with Gasteiger partial charge in [0.15, 0.2) is 5.78 Å². The lowest BCUT2D eigenvalue weighted by atomic mass is 10.1. The second-order valence-electron chi connectivity index (χ2n) is 5.27. The van der Waals surface area contributed by atoms with Gasteiger partial charge in [0.05, 0.1) is 12.1 Å². The molecule has 2 unspecified atom stereocenters. The Kier molecular flexibility index (Phi) is 3.82. The molecule has 0 aromatic rings. The summed E-state index contributed by atoms with van der Waals surface area (Å²) in [6.07, 6.45) is 6.14. The summed E-state index contributed by atoms with van der Waals surface area (Å²) in [5.41, 5.74) is -0.583. The van der Waals surface area contributed by atoms with Gasteiger partial charge in [-0.1, -0.05) is 5.92 Å². The first kappa shape index (κ1) is 13.6. The van der Waals surface area contributed by atoms with Crippen LogP contribution in [0, 0.1) is 12.3 Å². The van der Waals surface area contributed by atoms with E-state index in [1.807, 2.05) is 0 Å². The van der Waals surface area contributed by atoms with Crippen molar-refractivity contribution in [2.75, 3.05) is 0 Å². The third-order valence-electron chi connectivity index (χ3n) is 2.65. The van der Waals surface area contributed by atoms with E-state index >= 15 is 0 Å². The summed E-state index contributed by atoms with van der Waals surface area (Å²) in [7, 11) is 0. The van der Waals surface area contributed by atoms with Gasteiger partial charge in [-0.2, -0.15) is 0 Å². The Morgan fingerprint density at radius 1 is 1.35 bits per heavy atom. The van der Waals surface area contributed by atoms with Crippen LogP contribution in [-0.4, -0.2) is 34.5 Å². The molecule has 0 radical (unpaired) electrons. The highest BCUT2D eigenvalue weighted by atomic mass is 16.6. The number of nitrogens with zero attached hydrogens (tertiary/aromatic N) is 1. The van der Waals surface area contributed by atoms with Gasteiger partial charge in [0, 0.05) is 0 Å². The molecule has 0 aromatic heterocycles. The first-order valence-corrected chi connectivity index (χ1v) is 5.74. The molecule has 17 heavy (non-hydrogen) atoms. The van der Waals surface area contributed by atoms with Crippen LogP contribution in [0.1, 0.15) is 40.5 Å². The molecule has 0 aliphatic carbocycles. The summed E-state index contributed by atoms with van der Waals surface area (Å²) < 4.78 is 5.27. The second-order valence-corrected chi connectivity index (χ2v) is 5.27. The van der Waals surface area contributed by atoms with Gasteiger partial charge in [0.1, 0.15) is 5.60 Å². The topological polar surface area (TPSA) is 46.6 Å². The smallest absolute Gasteiger partial charge is 0.411 e. The Morgan fingerprint density at radius 3 is 2.35 bits per heavy atom. The molecule has 1 aliphatic rings. The second kappa shape index (κ2) is 4.79. The molecular weight excluding hydrogens is 218 g/mol. The van der Waals surface area contributed by atoms with Gasteiger partial charge < -0.3 is 4.74 Å². The van der Waals surface area contributed by atoms with E-state index < -0.39 is 17.7 Å². The fourth-order valence-corrected chi connectivity index (χ4v) is 1.94. The van der Waals surface area contributed by atoms with Gasteiger partial charge in [-0.25, -0.2) is 4.79 Å². The van der Waals surface area contributed by atoms with Crippen LogP contribution >= 0.6 is 0 Å². The quantitative estimate of drug-likeness (QED) is 0.655. The van der Waals surface area contributed by atoms with E-state index in [2.05, 4.69) is 5.92 Å². The number of carbonyl (C=O) groups is 2. The zero-order valence-corrected chi connectivity index (χ0v) is 10.8. The molecule has 1 fully saturated rings. The minimum absolute atomic E-state index is 0.0476. The molecule has 1 saturated heterocycles. The standard InChI is InChI=1S/C13H19NO3/c1-6-10-7-8-11(9(2)15)14(10)12(16)17-13(3,4)5/h1,10-11H,7-8H2,2-5H3. The third kappa shape index (κ3) is 3.23. The number of terminal acetylenes is 1. The van der Waals surface area contributed by atoms with E-state index in [4.69, 9.17) is 11.2 Å². The van der Waals surface area contributed by atoms with Crippen molar-refractivity contribution >= 4 is 11.9 Å². The van der Waals surface area contributed by atoms with Crippen molar-refractivity contribution in [3.8, 4) is 12.3 Å². The van der Waals surface area contributed by atoms with E-state index in [1.54, 1.807) is 20.8 Å². The van der Waals surface area contributed by atoms with Gasteiger partial charge in [0.25, 0.3) is 0 Å². The Labute approximate surface area is 102 Å². The van der Waals surface area contributed by atoms with Crippen molar-refractivity contribution in [1.29, 1.82) is 0 Å². The average Bonchev–Trinajstić information content (AvgIpc) is 2.57. The van der Waals surface area contributed by atoms with Crippen LogP contribution in [-0.2, 0) is 9.53 Å². The number of rotatable bonds is 1. The molecule has 0 bridgehead atoms. The van der Waals surface area contributed by atoms with E-state index in [0.29, 0.717) is 12.8 Å². The highest BCUT2D eigenvalue weighted by Gasteiger charge is 2.40. The summed E-state index contributed by atoms with van der Waals surface area (Å²) in [6, 6.07) is -0.773. The van der Waals surface area contributed by atoms with E-state index in [9.17, 15) is 9.59 Å². The fourth-order valence-electron chi connectivity index (χ4n) is 1.94. The van der Waals surface area contributed by atoms with Crippen LogP contribution in [0.5, 0.6) is 0 Å². The fraction of sp³-hybridized carbons (Fsp3) is 0.692. The third-order valence-corrected chi connectivity index (χ3v) is 2.65. The zero-order chi connectivity index (χ0) is 13.2. The molecule has 1 heterocycles. The molecule has 1 amide bonds. The first-order chi connectivity index (χ1) is 7.76. The van der Waals surface area contributed by atoms with Crippen molar-refractivity contribution in [3.63, 3.8) is 0 Å². The predicted octanol–water partition coefficient (Wildman–Crippen LogP) is 1.98. The Morgan fingerprint density at radius 2 is 1.94 bits per heavy atom. The maximum absolute atomic E-state index is 12.0. The molecule has 4 nitrogen and oxygen atoms in total. The first-order valence-electron chi connectivity index (χ1n) is 5.74. The van der Waals surface area contributed by atoms with Gasteiger partial charge in [-0.3, -0.25) is 9.69 Å². The lowest BCUT2D eigenvalue weighted by Gasteiger charge is -2.29. The maximum Gasteiger partial charge on any atom is 0.411 e. The van der Waals surface area contributed by atoms with Crippen molar-refractivity contribution in [2.24, 2.45) is 0 Å². The molecule has 0 saturated carbocycles. The number of likely N-dealkylation sites (tertiary alicyclic amines) is 1. The van der Waals surface area contributed by atoms with Crippen LogP contribution in [0.3, 0.4) is 0 Å². The van der Waals surface area contributed by atoms with Gasteiger partial charge in [-0.15, -0.1) is 6.42 Å². The highest BCUT2D eigenvalue weighted by molar-refractivity contribution is 5.86. The van der Waals surface area contributed by atoms with Crippen molar-refractivity contribution in [1.82, 2.24) is 4.90 Å². The summed E-state index contributed by atoms with van der Waals surface area (Å²) >= 11 is 0. The monoisotopic (exact) mass is 237 g/mol. The SMILES string of the molecule is C#CC1CCC(C(C)=O)N1C(=O)OC(C)(C)C.